The molecule has 0 spiro atoms. The molecule has 0 aliphatic heterocycles. The molecule has 0 bridgehead atoms. The number of hydrogen-bond acceptors (Lipinski definition) is 2. The summed E-state index contributed by atoms with van der Waals surface area (Å²) in [5, 5.41) is 17.3. The lowest BCUT2D eigenvalue weighted by atomic mass is 10.1. The van der Waals surface area contributed by atoms with Crippen molar-refractivity contribution in [2.24, 2.45) is 0 Å². The van der Waals surface area contributed by atoms with E-state index in [0.29, 0.717) is 0 Å². The molecule has 0 saturated heterocycles. The van der Waals surface area contributed by atoms with E-state index >= 15 is 0 Å². The van der Waals surface area contributed by atoms with Crippen LogP contribution in [-0.4, -0.2) is 22.9 Å². The maximum Gasteiger partial charge on any atom is 0.0771 e. The predicted molar refractivity (Wildman–Crippen MR) is 34.8 cm³/mol. The summed E-state index contributed by atoms with van der Waals surface area (Å²) >= 11 is 0. The monoisotopic (exact) mass is 129 g/mol. The van der Waals surface area contributed by atoms with E-state index in [4.69, 9.17) is 10.2 Å². The van der Waals surface area contributed by atoms with Crippen LogP contribution in [0.3, 0.4) is 0 Å². The maximum atomic E-state index is 8.87. The summed E-state index contributed by atoms with van der Waals surface area (Å²) in [5.41, 5.74) is 0. The van der Waals surface area contributed by atoms with Gasteiger partial charge in [0.05, 0.1) is 12.7 Å². The lowest BCUT2D eigenvalue weighted by molar-refractivity contribution is 0.0880. The fourth-order valence-electron chi connectivity index (χ4n) is 0.800. The van der Waals surface area contributed by atoms with Crippen LogP contribution >= 0.6 is 0 Å². The summed E-state index contributed by atoms with van der Waals surface area (Å²) < 4.78 is 0. The molecule has 0 amide bonds. The van der Waals surface area contributed by atoms with Gasteiger partial charge in [-0.2, -0.15) is 0 Å². The van der Waals surface area contributed by atoms with Gasteiger partial charge in [0.25, 0.3) is 0 Å². The van der Waals surface area contributed by atoms with Gasteiger partial charge in [-0.25, -0.2) is 0 Å². The quantitative estimate of drug-likeness (QED) is 0.580. The van der Waals surface area contributed by atoms with Gasteiger partial charge in [0.15, 0.2) is 0 Å². The van der Waals surface area contributed by atoms with Crippen LogP contribution in [0.4, 0.5) is 0 Å². The second-order valence-corrected chi connectivity index (χ2v) is 2.63. The average Bonchev–Trinajstić information content (AvgIpc) is 2.65. The molecule has 9 heavy (non-hydrogen) atoms. The number of aliphatic hydroxyl groups excluding tert-OH is 2. The van der Waals surface area contributed by atoms with Crippen LogP contribution in [0, 0.1) is 5.92 Å². The summed E-state index contributed by atoms with van der Waals surface area (Å²) in [4.78, 5) is 0. The Bertz CT molecular complexity index is 79.0. The third-order valence-corrected chi connectivity index (χ3v) is 1.65. The van der Waals surface area contributed by atoms with E-state index in [-0.39, 0.29) is 6.61 Å². The summed E-state index contributed by atoms with van der Waals surface area (Å²) in [6.07, 6.45) is 3.77. The number of hydrogen-bond donors (Lipinski definition) is 2. The summed E-state index contributed by atoms with van der Waals surface area (Å²) in [7, 11) is 0. The van der Waals surface area contributed by atoms with Crippen molar-refractivity contribution in [3.63, 3.8) is 0 Å². The highest BCUT2D eigenvalue weighted by Gasteiger charge is 2.22. The van der Waals surface area contributed by atoms with Crippen LogP contribution in [0.15, 0.2) is 0 Å². The van der Waals surface area contributed by atoms with Gasteiger partial charge in [-0.1, -0.05) is 0 Å². The highest BCUT2D eigenvalue weighted by atomic mass is 16.3. The van der Waals surface area contributed by atoms with Crippen molar-refractivity contribution < 1.29 is 10.2 Å². The summed E-state index contributed by atoms with van der Waals surface area (Å²) in [5.74, 6) is 1.54. The molecule has 1 rings (SSSR count). The molecule has 0 aromatic rings. The van der Waals surface area contributed by atoms with Crippen molar-refractivity contribution in [3.05, 3.63) is 5.92 Å². The Morgan fingerprint density at radius 3 is 2.56 bits per heavy atom. The third-order valence-electron chi connectivity index (χ3n) is 1.65. The van der Waals surface area contributed by atoms with Crippen LogP contribution < -0.4 is 0 Å². The Balaban J connectivity index is 1.90. The smallest absolute Gasteiger partial charge is 0.0771 e. The zero-order valence-electron chi connectivity index (χ0n) is 5.51. The summed E-state index contributed by atoms with van der Waals surface area (Å²) in [6.45, 7) is -0.0900. The molecule has 1 fully saturated rings. The molecule has 53 valence electrons. The molecular formula is C7H13O2. The first-order valence-electron chi connectivity index (χ1n) is 3.45. The van der Waals surface area contributed by atoms with E-state index in [1.54, 1.807) is 5.92 Å². The topological polar surface area (TPSA) is 40.5 Å². The van der Waals surface area contributed by atoms with Crippen molar-refractivity contribution in [1.29, 1.82) is 0 Å². The van der Waals surface area contributed by atoms with Crippen molar-refractivity contribution in [2.45, 2.75) is 31.8 Å². The Morgan fingerprint density at radius 2 is 2.11 bits per heavy atom. The molecule has 1 atom stereocenters. The fraction of sp³-hybridized carbons (Fsp3) is 0.857. The van der Waals surface area contributed by atoms with Gasteiger partial charge in [-0.15, -0.1) is 0 Å². The second-order valence-electron chi connectivity index (χ2n) is 2.63. The predicted octanol–water partition coefficient (Wildman–Crippen LogP) is 0.488. The van der Waals surface area contributed by atoms with Crippen LogP contribution in [0.5, 0.6) is 0 Å². The molecule has 1 aliphatic rings. The molecule has 1 saturated carbocycles. The third kappa shape index (κ3) is 2.82. The largest absolute Gasteiger partial charge is 0.394 e. The maximum absolute atomic E-state index is 8.87. The molecule has 2 N–H and O–H groups in total. The van der Waals surface area contributed by atoms with E-state index in [9.17, 15) is 0 Å². The van der Waals surface area contributed by atoms with Crippen molar-refractivity contribution in [3.8, 4) is 0 Å². The van der Waals surface area contributed by atoms with E-state index in [2.05, 4.69) is 0 Å². The van der Waals surface area contributed by atoms with Crippen molar-refractivity contribution in [1.82, 2.24) is 0 Å². The molecule has 1 aliphatic carbocycles. The highest BCUT2D eigenvalue weighted by Crippen LogP contribution is 2.36. The van der Waals surface area contributed by atoms with Crippen LogP contribution in [-0.2, 0) is 0 Å². The Labute approximate surface area is 55.5 Å². The average molecular weight is 129 g/mol. The second kappa shape index (κ2) is 3.18. The highest BCUT2D eigenvalue weighted by molar-refractivity contribution is 5.04. The molecule has 0 aromatic heterocycles. The van der Waals surface area contributed by atoms with Gasteiger partial charge in [-0.05, 0) is 31.6 Å². The van der Waals surface area contributed by atoms with Gasteiger partial charge in [0.2, 0.25) is 0 Å². The van der Waals surface area contributed by atoms with Gasteiger partial charge in [0.1, 0.15) is 0 Å². The van der Waals surface area contributed by atoms with Gasteiger partial charge >= 0.3 is 0 Å². The zero-order chi connectivity index (χ0) is 6.69. The minimum Gasteiger partial charge on any atom is -0.394 e. The summed E-state index contributed by atoms with van der Waals surface area (Å²) in [6, 6.07) is 0. The van der Waals surface area contributed by atoms with Gasteiger partial charge < -0.3 is 10.2 Å². The van der Waals surface area contributed by atoms with Gasteiger partial charge in [0, 0.05) is 0 Å². The van der Waals surface area contributed by atoms with E-state index in [1.807, 2.05) is 0 Å². The molecule has 1 radical (unpaired) electrons. The molecule has 2 heteroatoms. The standard InChI is InChI=1S/C7H13O2/c8-5-7(9)4-3-6-1-2-6/h7-9H,1-5H2. The first kappa shape index (κ1) is 7.03. The first-order valence-corrected chi connectivity index (χ1v) is 3.45. The zero-order valence-corrected chi connectivity index (χ0v) is 5.51. The minimum atomic E-state index is -0.488. The van der Waals surface area contributed by atoms with E-state index < -0.39 is 6.10 Å². The lowest BCUT2D eigenvalue weighted by Crippen LogP contribution is -2.11. The lowest BCUT2D eigenvalue weighted by Gasteiger charge is -2.03. The van der Waals surface area contributed by atoms with Crippen LogP contribution in [0.25, 0.3) is 0 Å². The molecule has 0 heterocycles. The molecule has 2 nitrogen and oxygen atoms in total. The molecular weight excluding hydrogens is 116 g/mol. The van der Waals surface area contributed by atoms with Crippen LogP contribution in [0.1, 0.15) is 25.7 Å². The Morgan fingerprint density at radius 1 is 1.44 bits per heavy atom. The first-order chi connectivity index (χ1) is 4.33. The van der Waals surface area contributed by atoms with Crippen LogP contribution in [0.2, 0.25) is 0 Å². The van der Waals surface area contributed by atoms with Crippen molar-refractivity contribution >= 4 is 0 Å². The Kier molecular flexibility index (Phi) is 2.49. The fourth-order valence-corrected chi connectivity index (χ4v) is 0.800. The van der Waals surface area contributed by atoms with Gasteiger partial charge in [-0.3, -0.25) is 0 Å². The minimum absolute atomic E-state index is 0.0900. The van der Waals surface area contributed by atoms with E-state index in [0.717, 1.165) is 12.8 Å². The van der Waals surface area contributed by atoms with Crippen molar-refractivity contribution in [2.75, 3.05) is 6.61 Å². The normalized spacial score (nSPS) is 22.0. The number of aliphatic hydroxyl groups is 2. The molecule has 1 unspecified atom stereocenters. The number of rotatable bonds is 4. The Hall–Kier alpha value is -0.0800. The van der Waals surface area contributed by atoms with E-state index in [1.165, 1.54) is 12.8 Å². The SMILES string of the molecule is OCC(O)CC[C]1CC1. The molecule has 0 aromatic carbocycles.